The SMILES string of the molecule is Cc1noc(C)c1[C@@H]1CCCN1C(=O)c1cc(-c2ccccc2F)no1. The highest BCUT2D eigenvalue weighted by Crippen LogP contribution is 2.36. The molecule has 4 rings (SSSR count). The maximum Gasteiger partial charge on any atom is 0.293 e. The number of aryl methyl sites for hydroxylation is 2. The predicted molar refractivity (Wildman–Crippen MR) is 90.9 cm³/mol. The summed E-state index contributed by atoms with van der Waals surface area (Å²) >= 11 is 0. The summed E-state index contributed by atoms with van der Waals surface area (Å²) in [6, 6.07) is 7.65. The van der Waals surface area contributed by atoms with Crippen molar-refractivity contribution in [2.45, 2.75) is 32.7 Å². The smallest absolute Gasteiger partial charge is 0.293 e. The first-order valence-corrected chi connectivity index (χ1v) is 8.51. The number of likely N-dealkylation sites (tertiary alicyclic amines) is 1. The van der Waals surface area contributed by atoms with E-state index in [0.29, 0.717) is 17.8 Å². The third kappa shape index (κ3) is 2.69. The predicted octanol–water partition coefficient (Wildman–Crippen LogP) is 4.06. The molecule has 1 aliphatic rings. The Morgan fingerprint density at radius 3 is 2.77 bits per heavy atom. The topological polar surface area (TPSA) is 72.4 Å². The minimum absolute atomic E-state index is 0.0990. The van der Waals surface area contributed by atoms with Crippen LogP contribution in [-0.4, -0.2) is 27.7 Å². The number of benzene rings is 1. The van der Waals surface area contributed by atoms with Crippen LogP contribution in [0.4, 0.5) is 4.39 Å². The maximum absolute atomic E-state index is 13.9. The van der Waals surface area contributed by atoms with E-state index in [9.17, 15) is 9.18 Å². The molecule has 134 valence electrons. The van der Waals surface area contributed by atoms with E-state index >= 15 is 0 Å². The van der Waals surface area contributed by atoms with Gasteiger partial charge in [-0.2, -0.15) is 0 Å². The van der Waals surface area contributed by atoms with Gasteiger partial charge in [-0.1, -0.05) is 22.4 Å². The highest BCUT2D eigenvalue weighted by Gasteiger charge is 2.35. The Morgan fingerprint density at radius 2 is 2.04 bits per heavy atom. The van der Waals surface area contributed by atoms with Gasteiger partial charge in [-0.15, -0.1) is 0 Å². The highest BCUT2D eigenvalue weighted by atomic mass is 19.1. The van der Waals surface area contributed by atoms with Crippen LogP contribution in [0.1, 0.15) is 46.5 Å². The molecule has 0 N–H and O–H groups in total. The van der Waals surface area contributed by atoms with Gasteiger partial charge in [-0.3, -0.25) is 4.79 Å². The number of carbonyl (C=O) groups is 1. The zero-order valence-electron chi connectivity index (χ0n) is 14.5. The van der Waals surface area contributed by atoms with E-state index in [4.69, 9.17) is 9.05 Å². The molecule has 6 nitrogen and oxygen atoms in total. The van der Waals surface area contributed by atoms with Gasteiger partial charge >= 0.3 is 0 Å². The van der Waals surface area contributed by atoms with Gasteiger partial charge in [0.2, 0.25) is 5.76 Å². The van der Waals surface area contributed by atoms with E-state index in [-0.39, 0.29) is 17.7 Å². The molecule has 0 radical (unpaired) electrons. The van der Waals surface area contributed by atoms with Crippen LogP contribution >= 0.6 is 0 Å². The first-order chi connectivity index (χ1) is 12.6. The molecule has 0 aliphatic carbocycles. The molecule has 7 heteroatoms. The second-order valence-electron chi connectivity index (χ2n) is 6.45. The summed E-state index contributed by atoms with van der Waals surface area (Å²) in [6.07, 6.45) is 1.72. The number of aromatic nitrogens is 2. The fourth-order valence-corrected chi connectivity index (χ4v) is 3.59. The lowest BCUT2D eigenvalue weighted by Gasteiger charge is -2.23. The number of nitrogens with zero attached hydrogens (tertiary/aromatic N) is 3. The van der Waals surface area contributed by atoms with E-state index in [1.807, 2.05) is 13.8 Å². The number of rotatable bonds is 3. The Balaban J connectivity index is 1.63. The van der Waals surface area contributed by atoms with Crippen molar-refractivity contribution in [3.63, 3.8) is 0 Å². The fourth-order valence-electron chi connectivity index (χ4n) is 3.59. The Morgan fingerprint density at radius 1 is 1.23 bits per heavy atom. The molecule has 1 saturated heterocycles. The first kappa shape index (κ1) is 16.5. The van der Waals surface area contributed by atoms with Gasteiger partial charge in [-0.05, 0) is 38.8 Å². The average molecular weight is 355 g/mol. The summed E-state index contributed by atoms with van der Waals surface area (Å²) in [4.78, 5) is 14.7. The monoisotopic (exact) mass is 355 g/mol. The Labute approximate surface area is 149 Å². The number of halogens is 1. The number of hydrogen-bond donors (Lipinski definition) is 0. The lowest BCUT2D eigenvalue weighted by atomic mass is 10.0. The van der Waals surface area contributed by atoms with E-state index in [0.717, 1.165) is 29.9 Å². The summed E-state index contributed by atoms with van der Waals surface area (Å²) in [6.45, 7) is 4.34. The molecule has 26 heavy (non-hydrogen) atoms. The van der Waals surface area contributed by atoms with Crippen molar-refractivity contribution >= 4 is 5.91 Å². The van der Waals surface area contributed by atoms with Crippen molar-refractivity contribution in [3.05, 3.63) is 58.9 Å². The van der Waals surface area contributed by atoms with Gasteiger partial charge in [0.05, 0.1) is 11.7 Å². The number of hydrogen-bond acceptors (Lipinski definition) is 5. The molecule has 0 saturated carbocycles. The van der Waals surface area contributed by atoms with E-state index < -0.39 is 5.82 Å². The van der Waals surface area contributed by atoms with Crippen LogP contribution in [0.2, 0.25) is 0 Å². The zero-order chi connectivity index (χ0) is 18.3. The summed E-state index contributed by atoms with van der Waals surface area (Å²) in [5.74, 6) is 0.149. The largest absolute Gasteiger partial charge is 0.361 e. The molecule has 1 amide bonds. The van der Waals surface area contributed by atoms with Crippen LogP contribution in [0.15, 0.2) is 39.4 Å². The Bertz CT molecular complexity index is 943. The van der Waals surface area contributed by atoms with Crippen molar-refractivity contribution in [1.29, 1.82) is 0 Å². The molecule has 1 atom stereocenters. The van der Waals surface area contributed by atoms with Gasteiger partial charge in [-0.25, -0.2) is 4.39 Å². The van der Waals surface area contributed by atoms with Crippen molar-refractivity contribution in [1.82, 2.24) is 15.2 Å². The maximum atomic E-state index is 13.9. The first-order valence-electron chi connectivity index (χ1n) is 8.51. The molecule has 3 aromatic rings. The summed E-state index contributed by atoms with van der Waals surface area (Å²) in [5.41, 5.74) is 2.35. The molecular formula is C19H18FN3O3. The number of amides is 1. The fraction of sp³-hybridized carbons (Fsp3) is 0.316. The van der Waals surface area contributed by atoms with Gasteiger partial charge in [0, 0.05) is 23.7 Å². The second kappa shape index (κ2) is 6.40. The molecule has 1 aromatic carbocycles. The van der Waals surface area contributed by atoms with Gasteiger partial charge in [0.1, 0.15) is 17.3 Å². The van der Waals surface area contributed by atoms with Crippen molar-refractivity contribution in [2.24, 2.45) is 0 Å². The average Bonchev–Trinajstić information content (AvgIpc) is 3.35. The van der Waals surface area contributed by atoms with Crippen molar-refractivity contribution < 1.29 is 18.2 Å². The van der Waals surface area contributed by atoms with Gasteiger partial charge in [0.25, 0.3) is 5.91 Å². The van der Waals surface area contributed by atoms with E-state index in [1.165, 1.54) is 12.1 Å². The molecule has 2 aromatic heterocycles. The minimum Gasteiger partial charge on any atom is -0.361 e. The van der Waals surface area contributed by atoms with E-state index in [1.54, 1.807) is 23.1 Å². The van der Waals surface area contributed by atoms with Crippen LogP contribution in [0.5, 0.6) is 0 Å². The second-order valence-corrected chi connectivity index (χ2v) is 6.45. The highest BCUT2D eigenvalue weighted by molar-refractivity contribution is 5.93. The van der Waals surface area contributed by atoms with Crippen LogP contribution in [0, 0.1) is 19.7 Å². The van der Waals surface area contributed by atoms with Crippen molar-refractivity contribution in [3.8, 4) is 11.3 Å². The summed E-state index contributed by atoms with van der Waals surface area (Å²) in [5, 5.41) is 7.86. The molecule has 0 bridgehead atoms. The molecule has 0 spiro atoms. The van der Waals surface area contributed by atoms with Crippen LogP contribution in [0.25, 0.3) is 11.3 Å². The lowest BCUT2D eigenvalue weighted by Crippen LogP contribution is -2.30. The minimum atomic E-state index is -0.408. The summed E-state index contributed by atoms with van der Waals surface area (Å²) in [7, 11) is 0. The van der Waals surface area contributed by atoms with Crippen LogP contribution in [0.3, 0.4) is 0 Å². The lowest BCUT2D eigenvalue weighted by molar-refractivity contribution is 0.0692. The zero-order valence-corrected chi connectivity index (χ0v) is 14.5. The van der Waals surface area contributed by atoms with E-state index in [2.05, 4.69) is 10.3 Å². The summed E-state index contributed by atoms with van der Waals surface area (Å²) < 4.78 is 24.4. The van der Waals surface area contributed by atoms with Crippen molar-refractivity contribution in [2.75, 3.05) is 6.54 Å². The molecular weight excluding hydrogens is 337 g/mol. The van der Waals surface area contributed by atoms with Gasteiger partial charge < -0.3 is 13.9 Å². The molecule has 0 unspecified atom stereocenters. The molecule has 1 aliphatic heterocycles. The third-order valence-corrected chi connectivity index (χ3v) is 4.81. The van der Waals surface area contributed by atoms with Crippen LogP contribution < -0.4 is 0 Å². The Hall–Kier alpha value is -2.96. The third-order valence-electron chi connectivity index (χ3n) is 4.81. The van der Waals surface area contributed by atoms with Crippen LogP contribution in [-0.2, 0) is 0 Å². The van der Waals surface area contributed by atoms with Gasteiger partial charge in [0.15, 0.2) is 0 Å². The number of carbonyl (C=O) groups excluding carboxylic acids is 1. The normalized spacial score (nSPS) is 17.0. The molecule has 1 fully saturated rings. The Kier molecular flexibility index (Phi) is 4.06. The molecule has 3 heterocycles. The standard InChI is InChI=1S/C19H18FN3O3/c1-11-18(12(2)25-21-11)16-8-5-9-23(16)19(24)17-10-15(22-26-17)13-6-3-4-7-14(13)20/h3-4,6-7,10,16H,5,8-9H2,1-2H3/t16-/m0/s1. The quantitative estimate of drug-likeness (QED) is 0.708.